The fraction of sp³-hybridized carbons (Fsp3) is 0. The summed E-state index contributed by atoms with van der Waals surface area (Å²) in [5.41, 5.74) is 2.59. The van der Waals surface area contributed by atoms with Crippen LogP contribution in [0.25, 0.3) is 53.2 Å². The van der Waals surface area contributed by atoms with Crippen molar-refractivity contribution in [2.75, 3.05) is 0 Å². The molecule has 4 aromatic carbocycles. The molecule has 0 bridgehead atoms. The molecule has 132 valence electrons. The summed E-state index contributed by atoms with van der Waals surface area (Å²) in [4.78, 5) is 2.64. The second-order valence-corrected chi connectivity index (χ2v) is 8.95. The van der Waals surface area contributed by atoms with E-state index in [4.69, 9.17) is 0 Å². The maximum absolute atomic E-state index is 2.35. The first kappa shape index (κ1) is 16.1. The van der Waals surface area contributed by atoms with Gasteiger partial charge in [0.15, 0.2) is 0 Å². The molecule has 0 radical (unpaired) electrons. The van der Waals surface area contributed by atoms with E-state index in [9.17, 15) is 0 Å². The van der Waals surface area contributed by atoms with Gasteiger partial charge >= 0.3 is 0 Å². The Labute approximate surface area is 171 Å². The topological polar surface area (TPSA) is 0 Å². The Morgan fingerprint density at radius 2 is 0.893 bits per heavy atom. The smallest absolute Gasteiger partial charge is 0.0342 e. The predicted octanol–water partition coefficient (Wildman–Crippen LogP) is 8.60. The molecule has 2 heterocycles. The molecule has 0 aliphatic rings. The fourth-order valence-electron chi connectivity index (χ4n) is 4.06. The number of benzene rings is 4. The fourth-order valence-corrected chi connectivity index (χ4v) is 5.51. The Bertz CT molecular complexity index is 1330. The predicted molar refractivity (Wildman–Crippen MR) is 126 cm³/mol. The average Bonchev–Trinajstić information content (AvgIpc) is 3.46. The van der Waals surface area contributed by atoms with E-state index in [1.54, 1.807) is 22.7 Å². The zero-order valence-corrected chi connectivity index (χ0v) is 16.7. The highest BCUT2D eigenvalue weighted by atomic mass is 32.1. The summed E-state index contributed by atoms with van der Waals surface area (Å²) in [5, 5.41) is 12.2. The van der Waals surface area contributed by atoms with E-state index < -0.39 is 0 Å². The van der Waals surface area contributed by atoms with Crippen molar-refractivity contribution in [3.63, 3.8) is 0 Å². The lowest BCUT2D eigenvalue weighted by Crippen LogP contribution is -1.83. The van der Waals surface area contributed by atoms with E-state index in [2.05, 4.69) is 95.7 Å². The van der Waals surface area contributed by atoms with Crippen LogP contribution in [0.4, 0.5) is 0 Å². The maximum atomic E-state index is 2.35. The van der Waals surface area contributed by atoms with Gasteiger partial charge in [-0.25, -0.2) is 0 Å². The Kier molecular flexibility index (Phi) is 3.61. The number of thiophene rings is 2. The van der Waals surface area contributed by atoms with E-state index in [0.29, 0.717) is 0 Å². The molecule has 0 fully saturated rings. The first-order valence-corrected chi connectivity index (χ1v) is 11.1. The molecule has 0 aliphatic carbocycles. The molecule has 6 rings (SSSR count). The van der Waals surface area contributed by atoms with Crippen LogP contribution in [0.1, 0.15) is 0 Å². The molecule has 2 heteroatoms. The van der Waals surface area contributed by atoms with Crippen molar-refractivity contribution in [1.82, 2.24) is 0 Å². The highest BCUT2D eigenvalue weighted by Gasteiger charge is 2.08. The lowest BCUT2D eigenvalue weighted by molar-refractivity contribution is 1.75. The summed E-state index contributed by atoms with van der Waals surface area (Å²) in [6.07, 6.45) is 0. The second-order valence-electron chi connectivity index (χ2n) is 7.05. The molecule has 0 N–H and O–H groups in total. The number of hydrogen-bond acceptors (Lipinski definition) is 2. The molecule has 2 aromatic heterocycles. The summed E-state index contributed by atoms with van der Waals surface area (Å²) in [6.45, 7) is 0. The normalized spacial score (nSPS) is 11.6. The van der Waals surface area contributed by atoms with Gasteiger partial charge < -0.3 is 0 Å². The van der Waals surface area contributed by atoms with Crippen LogP contribution in [0.3, 0.4) is 0 Å². The minimum absolute atomic E-state index is 1.29. The van der Waals surface area contributed by atoms with E-state index in [0.717, 1.165) is 0 Å². The molecule has 0 saturated carbocycles. The van der Waals surface area contributed by atoms with Crippen molar-refractivity contribution < 1.29 is 0 Å². The zero-order valence-electron chi connectivity index (χ0n) is 15.1. The van der Waals surface area contributed by atoms with E-state index in [1.807, 2.05) is 0 Å². The van der Waals surface area contributed by atoms with Crippen molar-refractivity contribution in [1.29, 1.82) is 0 Å². The van der Waals surface area contributed by atoms with Crippen LogP contribution in [0.15, 0.2) is 95.7 Å². The van der Waals surface area contributed by atoms with Gasteiger partial charge in [0.2, 0.25) is 0 Å². The second kappa shape index (κ2) is 6.30. The third kappa shape index (κ3) is 2.50. The Hall–Kier alpha value is -2.94. The van der Waals surface area contributed by atoms with Gasteiger partial charge in [0.05, 0.1) is 0 Å². The zero-order chi connectivity index (χ0) is 18.5. The molecular weight excluding hydrogens is 376 g/mol. The molecular formula is C26H16S2. The van der Waals surface area contributed by atoms with Gasteiger partial charge in [-0.1, -0.05) is 60.7 Å². The monoisotopic (exact) mass is 392 g/mol. The first-order chi connectivity index (χ1) is 13.9. The summed E-state index contributed by atoms with van der Waals surface area (Å²) >= 11 is 3.59. The Balaban J connectivity index is 1.66. The third-order valence-electron chi connectivity index (χ3n) is 5.45. The highest BCUT2D eigenvalue weighted by molar-refractivity contribution is 7.13. The van der Waals surface area contributed by atoms with Crippen molar-refractivity contribution in [3.05, 3.63) is 95.7 Å². The summed E-state index contributed by atoms with van der Waals surface area (Å²) in [5.74, 6) is 0. The minimum Gasteiger partial charge on any atom is -0.144 e. The summed E-state index contributed by atoms with van der Waals surface area (Å²) in [7, 11) is 0. The molecule has 6 aromatic rings. The maximum Gasteiger partial charge on any atom is 0.0342 e. The van der Waals surface area contributed by atoms with Crippen molar-refractivity contribution in [3.8, 4) is 20.9 Å². The summed E-state index contributed by atoms with van der Waals surface area (Å²) in [6, 6.07) is 31.3. The number of rotatable bonds is 2. The van der Waals surface area contributed by atoms with Crippen molar-refractivity contribution in [2.24, 2.45) is 0 Å². The molecule has 0 amide bonds. The summed E-state index contributed by atoms with van der Waals surface area (Å²) < 4.78 is 0. The Morgan fingerprint density at radius 3 is 1.32 bits per heavy atom. The van der Waals surface area contributed by atoms with Crippen LogP contribution in [-0.2, 0) is 0 Å². The van der Waals surface area contributed by atoms with E-state index in [1.165, 1.54) is 53.2 Å². The van der Waals surface area contributed by atoms with Gasteiger partial charge in [-0.2, -0.15) is 0 Å². The largest absolute Gasteiger partial charge is 0.144 e. The molecule has 0 saturated heterocycles. The quantitative estimate of drug-likeness (QED) is 0.259. The van der Waals surface area contributed by atoms with Crippen molar-refractivity contribution in [2.45, 2.75) is 0 Å². The van der Waals surface area contributed by atoms with Crippen molar-refractivity contribution >= 4 is 55.0 Å². The number of fused-ring (bicyclic) bond motifs is 5. The van der Waals surface area contributed by atoms with Crippen LogP contribution in [0.5, 0.6) is 0 Å². The molecule has 0 spiro atoms. The van der Waals surface area contributed by atoms with Gasteiger partial charge in [-0.15, -0.1) is 22.7 Å². The molecule has 0 nitrogen and oxygen atoms in total. The van der Waals surface area contributed by atoms with E-state index >= 15 is 0 Å². The third-order valence-corrected chi connectivity index (χ3v) is 7.29. The van der Waals surface area contributed by atoms with Gasteiger partial charge in [-0.05, 0) is 78.5 Å². The van der Waals surface area contributed by atoms with Gasteiger partial charge in [0.25, 0.3) is 0 Å². The lowest BCUT2D eigenvalue weighted by Gasteiger charge is -2.10. The van der Waals surface area contributed by atoms with Gasteiger partial charge in [0, 0.05) is 9.75 Å². The molecule has 28 heavy (non-hydrogen) atoms. The molecule has 0 unspecified atom stereocenters. The Morgan fingerprint density at radius 1 is 0.429 bits per heavy atom. The lowest BCUT2D eigenvalue weighted by atomic mass is 9.95. The SMILES string of the molecule is c1csc(-c2ccc3ccc4c5cc(-c6cccs6)ccc5ccc4c3c2)c1. The number of hydrogen-bond donors (Lipinski definition) is 0. The standard InChI is InChI=1S/C26H16S2/c1-3-25(27-13-1)19-7-5-17-9-12-22-21(23(17)15-19)11-10-18-6-8-20(16-24(18)22)26-4-2-14-28-26/h1-16H. The van der Waals surface area contributed by atoms with Crippen LogP contribution < -0.4 is 0 Å². The van der Waals surface area contributed by atoms with Crippen LogP contribution >= 0.6 is 22.7 Å². The minimum atomic E-state index is 1.29. The average molecular weight is 393 g/mol. The van der Waals surface area contributed by atoms with Gasteiger partial charge in [-0.3, -0.25) is 0 Å². The van der Waals surface area contributed by atoms with Crippen LogP contribution in [0.2, 0.25) is 0 Å². The first-order valence-electron chi connectivity index (χ1n) is 9.34. The molecule has 0 aliphatic heterocycles. The highest BCUT2D eigenvalue weighted by Crippen LogP contribution is 2.36. The van der Waals surface area contributed by atoms with Crippen LogP contribution in [0, 0.1) is 0 Å². The van der Waals surface area contributed by atoms with Gasteiger partial charge in [0.1, 0.15) is 0 Å². The van der Waals surface area contributed by atoms with E-state index in [-0.39, 0.29) is 0 Å². The van der Waals surface area contributed by atoms with Crippen LogP contribution in [-0.4, -0.2) is 0 Å². The molecule has 0 atom stereocenters.